The summed E-state index contributed by atoms with van der Waals surface area (Å²) in [6.45, 7) is 4.54. The molecule has 17 heavy (non-hydrogen) atoms. The van der Waals surface area contributed by atoms with E-state index in [4.69, 9.17) is 0 Å². The van der Waals surface area contributed by atoms with Gasteiger partial charge < -0.3 is 5.32 Å². The highest BCUT2D eigenvalue weighted by atomic mass is 14.9. The Morgan fingerprint density at radius 2 is 2.24 bits per heavy atom. The first-order valence-electron chi connectivity index (χ1n) is 6.81. The van der Waals surface area contributed by atoms with Gasteiger partial charge >= 0.3 is 0 Å². The van der Waals surface area contributed by atoms with Crippen molar-refractivity contribution in [3.05, 3.63) is 29.6 Å². The Bertz CT molecular complexity index is 362. The Hall–Kier alpha value is -0.890. The second kappa shape index (κ2) is 5.63. The van der Waals surface area contributed by atoms with Crippen LogP contribution in [-0.2, 0) is 0 Å². The van der Waals surface area contributed by atoms with E-state index in [9.17, 15) is 0 Å². The molecule has 1 fully saturated rings. The maximum atomic E-state index is 4.59. The van der Waals surface area contributed by atoms with E-state index >= 15 is 0 Å². The third-order valence-corrected chi connectivity index (χ3v) is 4.10. The molecular formula is C15H24N2. The number of rotatable bonds is 3. The molecule has 0 radical (unpaired) electrons. The minimum Gasteiger partial charge on any atom is -0.311 e. The molecule has 1 saturated carbocycles. The van der Waals surface area contributed by atoms with Crippen molar-refractivity contribution < 1.29 is 0 Å². The summed E-state index contributed by atoms with van der Waals surface area (Å²) < 4.78 is 0. The minimum absolute atomic E-state index is 0.430. The topological polar surface area (TPSA) is 24.9 Å². The number of aromatic nitrogens is 1. The van der Waals surface area contributed by atoms with Crippen LogP contribution >= 0.6 is 0 Å². The molecular weight excluding hydrogens is 208 g/mol. The maximum Gasteiger partial charge on any atom is 0.0604 e. The zero-order valence-corrected chi connectivity index (χ0v) is 11.2. The van der Waals surface area contributed by atoms with Crippen LogP contribution in [0.3, 0.4) is 0 Å². The van der Waals surface area contributed by atoms with E-state index in [2.05, 4.69) is 37.3 Å². The lowest BCUT2D eigenvalue weighted by molar-refractivity contribution is 0.227. The van der Waals surface area contributed by atoms with Crippen LogP contribution < -0.4 is 5.32 Å². The van der Waals surface area contributed by atoms with Crippen LogP contribution in [0.25, 0.3) is 0 Å². The van der Waals surface area contributed by atoms with E-state index < -0.39 is 0 Å². The average Bonchev–Trinajstić information content (AvgIpc) is 2.33. The lowest BCUT2D eigenvalue weighted by Gasteiger charge is -2.33. The zero-order valence-electron chi connectivity index (χ0n) is 11.2. The minimum atomic E-state index is 0.430. The molecule has 94 valence electrons. The fourth-order valence-electron chi connectivity index (χ4n) is 3.20. The Labute approximate surface area is 105 Å². The molecule has 2 rings (SSSR count). The number of nitrogens with zero attached hydrogens (tertiary/aromatic N) is 1. The Morgan fingerprint density at radius 3 is 2.88 bits per heavy atom. The van der Waals surface area contributed by atoms with Gasteiger partial charge in [-0.25, -0.2) is 0 Å². The first-order valence-corrected chi connectivity index (χ1v) is 6.81. The summed E-state index contributed by atoms with van der Waals surface area (Å²) in [5.74, 6) is 1.62. The van der Waals surface area contributed by atoms with Gasteiger partial charge in [0.25, 0.3) is 0 Å². The number of hydrogen-bond donors (Lipinski definition) is 1. The Kier molecular flexibility index (Phi) is 4.16. The molecule has 1 N–H and O–H groups in total. The number of nitrogens with one attached hydrogen (secondary N) is 1. The molecule has 2 heteroatoms. The van der Waals surface area contributed by atoms with Gasteiger partial charge in [0, 0.05) is 6.20 Å². The smallest absolute Gasteiger partial charge is 0.0604 e. The van der Waals surface area contributed by atoms with Gasteiger partial charge in [-0.15, -0.1) is 0 Å². The van der Waals surface area contributed by atoms with Crippen LogP contribution in [0.5, 0.6) is 0 Å². The van der Waals surface area contributed by atoms with Crippen molar-refractivity contribution in [3.8, 4) is 0 Å². The average molecular weight is 232 g/mol. The lowest BCUT2D eigenvalue weighted by Crippen LogP contribution is -2.30. The molecule has 1 aliphatic rings. The standard InChI is InChI=1S/C15H24N2/c1-11-6-4-8-13(10-11)15(16-3)14-12(2)7-5-9-17-14/h5,7,9,11,13,15-16H,4,6,8,10H2,1-3H3. The summed E-state index contributed by atoms with van der Waals surface area (Å²) in [5.41, 5.74) is 2.55. The van der Waals surface area contributed by atoms with Gasteiger partial charge in [0.2, 0.25) is 0 Å². The summed E-state index contributed by atoms with van der Waals surface area (Å²) >= 11 is 0. The van der Waals surface area contributed by atoms with Crippen molar-refractivity contribution in [1.29, 1.82) is 0 Å². The molecule has 0 amide bonds. The van der Waals surface area contributed by atoms with Crippen molar-refractivity contribution in [2.24, 2.45) is 11.8 Å². The molecule has 0 aliphatic heterocycles. The molecule has 0 saturated heterocycles. The van der Waals surface area contributed by atoms with E-state index in [1.165, 1.54) is 36.9 Å². The molecule has 3 atom stereocenters. The quantitative estimate of drug-likeness (QED) is 0.863. The van der Waals surface area contributed by atoms with Crippen LogP contribution in [0.2, 0.25) is 0 Å². The van der Waals surface area contributed by atoms with Gasteiger partial charge in [0.15, 0.2) is 0 Å². The third-order valence-electron chi connectivity index (χ3n) is 4.10. The summed E-state index contributed by atoms with van der Waals surface area (Å²) in [7, 11) is 2.07. The summed E-state index contributed by atoms with van der Waals surface area (Å²) in [6, 6.07) is 4.62. The molecule has 2 nitrogen and oxygen atoms in total. The first-order chi connectivity index (χ1) is 8.22. The van der Waals surface area contributed by atoms with E-state index in [-0.39, 0.29) is 0 Å². The van der Waals surface area contributed by atoms with E-state index in [0.717, 1.165) is 11.8 Å². The van der Waals surface area contributed by atoms with Gasteiger partial charge in [-0.1, -0.05) is 25.8 Å². The number of hydrogen-bond acceptors (Lipinski definition) is 2. The molecule has 1 aliphatic carbocycles. The SMILES string of the molecule is CNC(c1ncccc1C)C1CCCC(C)C1. The van der Waals surface area contributed by atoms with Crippen molar-refractivity contribution in [2.75, 3.05) is 7.05 Å². The molecule has 0 aromatic carbocycles. The van der Waals surface area contributed by atoms with Gasteiger partial charge in [0.1, 0.15) is 0 Å². The summed E-state index contributed by atoms with van der Waals surface area (Å²) in [6.07, 6.45) is 7.36. The molecule has 0 spiro atoms. The second-order valence-corrected chi connectivity index (χ2v) is 5.50. The second-order valence-electron chi connectivity index (χ2n) is 5.50. The first kappa shape index (κ1) is 12.6. The van der Waals surface area contributed by atoms with E-state index in [1.807, 2.05) is 12.3 Å². The van der Waals surface area contributed by atoms with Crippen molar-refractivity contribution >= 4 is 0 Å². The molecule has 3 unspecified atom stereocenters. The van der Waals surface area contributed by atoms with Gasteiger partial charge in [-0.2, -0.15) is 0 Å². The van der Waals surface area contributed by atoms with Crippen LogP contribution in [0, 0.1) is 18.8 Å². The fraction of sp³-hybridized carbons (Fsp3) is 0.667. The predicted octanol–water partition coefficient (Wildman–Crippen LogP) is 3.48. The van der Waals surface area contributed by atoms with Crippen LogP contribution in [-0.4, -0.2) is 12.0 Å². The van der Waals surface area contributed by atoms with Crippen molar-refractivity contribution in [1.82, 2.24) is 10.3 Å². The number of aryl methyl sites for hydroxylation is 1. The lowest BCUT2D eigenvalue weighted by atomic mass is 9.77. The largest absolute Gasteiger partial charge is 0.311 e. The monoisotopic (exact) mass is 232 g/mol. The molecule has 1 heterocycles. The van der Waals surface area contributed by atoms with Crippen molar-refractivity contribution in [2.45, 2.75) is 45.6 Å². The highest BCUT2D eigenvalue weighted by molar-refractivity contribution is 5.21. The fourth-order valence-corrected chi connectivity index (χ4v) is 3.20. The molecule has 1 aromatic heterocycles. The van der Waals surface area contributed by atoms with Gasteiger partial charge in [0.05, 0.1) is 11.7 Å². The highest BCUT2D eigenvalue weighted by Crippen LogP contribution is 2.36. The van der Waals surface area contributed by atoms with Crippen LogP contribution in [0.1, 0.15) is 49.9 Å². The third kappa shape index (κ3) is 2.86. The van der Waals surface area contributed by atoms with Gasteiger partial charge in [-0.3, -0.25) is 4.98 Å². The summed E-state index contributed by atoms with van der Waals surface area (Å²) in [5, 5.41) is 3.49. The van der Waals surface area contributed by atoms with Crippen LogP contribution in [0.15, 0.2) is 18.3 Å². The highest BCUT2D eigenvalue weighted by Gasteiger charge is 2.28. The number of pyridine rings is 1. The van der Waals surface area contributed by atoms with E-state index in [0.29, 0.717) is 6.04 Å². The maximum absolute atomic E-state index is 4.59. The van der Waals surface area contributed by atoms with Crippen LogP contribution in [0.4, 0.5) is 0 Å². The summed E-state index contributed by atoms with van der Waals surface area (Å²) in [4.78, 5) is 4.59. The molecule has 1 aromatic rings. The predicted molar refractivity (Wildman–Crippen MR) is 71.9 cm³/mol. The zero-order chi connectivity index (χ0) is 12.3. The van der Waals surface area contributed by atoms with Crippen molar-refractivity contribution in [3.63, 3.8) is 0 Å². The normalized spacial score (nSPS) is 26.8. The Morgan fingerprint density at radius 1 is 1.41 bits per heavy atom. The van der Waals surface area contributed by atoms with E-state index in [1.54, 1.807) is 0 Å². The molecule has 0 bridgehead atoms. The van der Waals surface area contributed by atoms with Gasteiger partial charge in [-0.05, 0) is 50.3 Å². The Balaban J connectivity index is 2.18.